The van der Waals surface area contributed by atoms with E-state index in [2.05, 4.69) is 36.1 Å². The van der Waals surface area contributed by atoms with Gasteiger partial charge in [-0.1, -0.05) is 44.4 Å². The van der Waals surface area contributed by atoms with E-state index in [0.29, 0.717) is 19.1 Å². The van der Waals surface area contributed by atoms with E-state index in [-0.39, 0.29) is 11.5 Å². The van der Waals surface area contributed by atoms with E-state index >= 15 is 0 Å². The van der Waals surface area contributed by atoms with Crippen molar-refractivity contribution >= 4 is 11.7 Å². The number of anilines is 1. The Hall–Kier alpha value is -1.51. The molecule has 1 unspecified atom stereocenters. The number of fused-ring (bicyclic) bond motifs is 1. The van der Waals surface area contributed by atoms with Crippen molar-refractivity contribution in [3.05, 3.63) is 29.8 Å². The SMILES string of the molecule is CCOC(=O)CN1c2ccccc2C(C)CC12CCCCC2. The molecule has 0 saturated heterocycles. The van der Waals surface area contributed by atoms with Gasteiger partial charge in [0.2, 0.25) is 0 Å². The molecule has 1 fully saturated rings. The summed E-state index contributed by atoms with van der Waals surface area (Å²) >= 11 is 0. The van der Waals surface area contributed by atoms with E-state index in [1.807, 2.05) is 6.92 Å². The van der Waals surface area contributed by atoms with Crippen molar-refractivity contribution in [2.75, 3.05) is 18.1 Å². The van der Waals surface area contributed by atoms with Gasteiger partial charge in [0.05, 0.1) is 6.61 Å². The van der Waals surface area contributed by atoms with Crippen LogP contribution in [-0.4, -0.2) is 24.7 Å². The molecule has 0 bridgehead atoms. The second-order valence-corrected chi connectivity index (χ2v) is 6.84. The molecule has 1 atom stereocenters. The van der Waals surface area contributed by atoms with Crippen LogP contribution in [0.1, 0.15) is 63.9 Å². The molecule has 1 aliphatic heterocycles. The molecule has 1 aromatic rings. The molecule has 1 heterocycles. The van der Waals surface area contributed by atoms with Crippen LogP contribution in [0, 0.1) is 0 Å². The van der Waals surface area contributed by atoms with Gasteiger partial charge < -0.3 is 9.64 Å². The predicted molar refractivity (Wildman–Crippen MR) is 89.3 cm³/mol. The van der Waals surface area contributed by atoms with Crippen LogP contribution in [0.3, 0.4) is 0 Å². The number of rotatable bonds is 3. The topological polar surface area (TPSA) is 29.5 Å². The van der Waals surface area contributed by atoms with Crippen molar-refractivity contribution < 1.29 is 9.53 Å². The quantitative estimate of drug-likeness (QED) is 0.781. The van der Waals surface area contributed by atoms with Gasteiger partial charge in [-0.15, -0.1) is 0 Å². The van der Waals surface area contributed by atoms with E-state index in [4.69, 9.17) is 4.74 Å². The molecule has 0 aromatic heterocycles. The Morgan fingerprint density at radius 2 is 2.00 bits per heavy atom. The number of esters is 1. The van der Waals surface area contributed by atoms with Gasteiger partial charge in [0.25, 0.3) is 0 Å². The number of benzene rings is 1. The number of carbonyl (C=O) groups excluding carboxylic acids is 1. The van der Waals surface area contributed by atoms with Gasteiger partial charge in [0.1, 0.15) is 6.54 Å². The van der Waals surface area contributed by atoms with Crippen molar-refractivity contribution in [3.63, 3.8) is 0 Å². The first-order valence-corrected chi connectivity index (χ1v) is 8.68. The fraction of sp³-hybridized carbons (Fsp3) is 0.632. The molecule has 2 aliphatic rings. The summed E-state index contributed by atoms with van der Waals surface area (Å²) in [6, 6.07) is 8.59. The van der Waals surface area contributed by atoms with Crippen LogP contribution in [0.4, 0.5) is 5.69 Å². The summed E-state index contributed by atoms with van der Waals surface area (Å²) in [7, 11) is 0. The van der Waals surface area contributed by atoms with Gasteiger partial charge in [-0.3, -0.25) is 4.79 Å². The maximum absolute atomic E-state index is 12.2. The summed E-state index contributed by atoms with van der Waals surface area (Å²) in [5.74, 6) is 0.463. The lowest BCUT2D eigenvalue weighted by molar-refractivity contribution is -0.141. The monoisotopic (exact) mass is 301 g/mol. The van der Waals surface area contributed by atoms with Crippen LogP contribution in [0.2, 0.25) is 0 Å². The molecule has 3 nitrogen and oxygen atoms in total. The average Bonchev–Trinajstić information content (AvgIpc) is 2.53. The lowest BCUT2D eigenvalue weighted by Gasteiger charge is -2.53. The maximum atomic E-state index is 12.2. The van der Waals surface area contributed by atoms with E-state index in [1.54, 1.807) is 0 Å². The van der Waals surface area contributed by atoms with Gasteiger partial charge in [-0.05, 0) is 43.7 Å². The lowest BCUT2D eigenvalue weighted by Crippen LogP contribution is -2.55. The number of carbonyl (C=O) groups is 1. The zero-order valence-electron chi connectivity index (χ0n) is 13.8. The molecule has 120 valence electrons. The molecule has 0 amide bonds. The van der Waals surface area contributed by atoms with Crippen LogP contribution >= 0.6 is 0 Å². The van der Waals surface area contributed by atoms with Gasteiger partial charge >= 0.3 is 5.97 Å². The largest absolute Gasteiger partial charge is 0.465 e. The van der Waals surface area contributed by atoms with Crippen LogP contribution in [0.15, 0.2) is 24.3 Å². The summed E-state index contributed by atoms with van der Waals surface area (Å²) in [6.07, 6.45) is 7.42. The summed E-state index contributed by atoms with van der Waals surface area (Å²) in [6.45, 7) is 5.05. The van der Waals surface area contributed by atoms with Crippen molar-refractivity contribution in [3.8, 4) is 0 Å². The zero-order valence-corrected chi connectivity index (χ0v) is 13.8. The van der Waals surface area contributed by atoms with Crippen LogP contribution in [0.25, 0.3) is 0 Å². The minimum Gasteiger partial charge on any atom is -0.465 e. The molecule has 3 rings (SSSR count). The zero-order chi connectivity index (χ0) is 15.6. The molecule has 0 radical (unpaired) electrons. The van der Waals surface area contributed by atoms with Gasteiger partial charge in [0.15, 0.2) is 0 Å². The summed E-state index contributed by atoms with van der Waals surface area (Å²) in [5, 5.41) is 0. The van der Waals surface area contributed by atoms with Crippen LogP contribution in [0.5, 0.6) is 0 Å². The summed E-state index contributed by atoms with van der Waals surface area (Å²) < 4.78 is 5.24. The Kier molecular flexibility index (Phi) is 4.42. The highest BCUT2D eigenvalue weighted by Crippen LogP contribution is 2.49. The Morgan fingerprint density at radius 3 is 2.73 bits per heavy atom. The smallest absolute Gasteiger partial charge is 0.325 e. The highest BCUT2D eigenvalue weighted by molar-refractivity contribution is 5.78. The first-order chi connectivity index (χ1) is 10.7. The normalized spacial score (nSPS) is 23.2. The van der Waals surface area contributed by atoms with E-state index in [1.165, 1.54) is 43.4 Å². The number of nitrogens with zero attached hydrogens (tertiary/aromatic N) is 1. The summed E-state index contributed by atoms with van der Waals surface area (Å²) in [5.41, 5.74) is 2.78. The van der Waals surface area contributed by atoms with E-state index < -0.39 is 0 Å². The Morgan fingerprint density at radius 1 is 1.27 bits per heavy atom. The van der Waals surface area contributed by atoms with Gasteiger partial charge in [-0.2, -0.15) is 0 Å². The highest BCUT2D eigenvalue weighted by Gasteiger charge is 2.44. The Bertz CT molecular complexity index is 534. The minimum atomic E-state index is -0.100. The Labute approximate surface area is 133 Å². The Balaban J connectivity index is 1.97. The third kappa shape index (κ3) is 2.73. The maximum Gasteiger partial charge on any atom is 0.325 e. The van der Waals surface area contributed by atoms with Gasteiger partial charge in [-0.25, -0.2) is 0 Å². The fourth-order valence-corrected chi connectivity index (χ4v) is 4.47. The number of hydrogen-bond acceptors (Lipinski definition) is 3. The third-order valence-corrected chi connectivity index (χ3v) is 5.39. The van der Waals surface area contributed by atoms with Gasteiger partial charge in [0, 0.05) is 11.2 Å². The highest BCUT2D eigenvalue weighted by atomic mass is 16.5. The molecule has 1 saturated carbocycles. The number of para-hydroxylation sites is 1. The van der Waals surface area contributed by atoms with Crippen LogP contribution in [-0.2, 0) is 9.53 Å². The molecular formula is C19H27NO2. The van der Waals surface area contributed by atoms with Crippen molar-refractivity contribution in [2.45, 2.75) is 63.8 Å². The molecule has 1 aliphatic carbocycles. The average molecular weight is 301 g/mol. The summed E-state index contributed by atoms with van der Waals surface area (Å²) in [4.78, 5) is 14.5. The molecule has 1 aromatic carbocycles. The second-order valence-electron chi connectivity index (χ2n) is 6.84. The van der Waals surface area contributed by atoms with Crippen LogP contribution < -0.4 is 4.90 Å². The van der Waals surface area contributed by atoms with E-state index in [0.717, 1.165) is 6.42 Å². The molecule has 1 spiro atoms. The lowest BCUT2D eigenvalue weighted by atomic mass is 9.70. The molecule has 0 N–H and O–H groups in total. The predicted octanol–water partition coefficient (Wildman–Crippen LogP) is 4.27. The standard InChI is InChI=1S/C19H27NO2/c1-3-22-18(21)14-20-17-10-6-5-9-16(17)15(2)13-19(20)11-7-4-8-12-19/h5-6,9-10,15H,3-4,7-8,11-14H2,1-2H3. The second kappa shape index (κ2) is 6.31. The molecule has 22 heavy (non-hydrogen) atoms. The third-order valence-electron chi connectivity index (χ3n) is 5.39. The molecule has 3 heteroatoms. The molecular weight excluding hydrogens is 274 g/mol. The van der Waals surface area contributed by atoms with Crippen molar-refractivity contribution in [1.82, 2.24) is 0 Å². The number of hydrogen-bond donors (Lipinski definition) is 0. The number of ether oxygens (including phenoxy) is 1. The van der Waals surface area contributed by atoms with Crippen molar-refractivity contribution in [2.24, 2.45) is 0 Å². The fourth-order valence-electron chi connectivity index (χ4n) is 4.47. The minimum absolute atomic E-state index is 0.100. The van der Waals surface area contributed by atoms with Crippen molar-refractivity contribution in [1.29, 1.82) is 0 Å². The first-order valence-electron chi connectivity index (χ1n) is 8.68. The first kappa shape index (κ1) is 15.4. The van der Waals surface area contributed by atoms with E-state index in [9.17, 15) is 4.79 Å².